The third-order valence-electron chi connectivity index (χ3n) is 7.62. The van der Waals surface area contributed by atoms with Gasteiger partial charge in [0.1, 0.15) is 17.7 Å². The number of hydrogen-bond donors (Lipinski definition) is 4. The highest BCUT2D eigenvalue weighted by atomic mass is 16.6. The number of carbonyl (C=O) groups is 4. The summed E-state index contributed by atoms with van der Waals surface area (Å²) in [5, 5.41) is 8.60. The van der Waals surface area contributed by atoms with Crippen molar-refractivity contribution in [2.75, 3.05) is 6.61 Å². The predicted octanol–water partition coefficient (Wildman–Crippen LogP) is 3.09. The van der Waals surface area contributed by atoms with Gasteiger partial charge in [0.15, 0.2) is 5.78 Å². The number of Topliss-reactive ketones (excluding diaryl/α,β-unsaturated/α-hetero) is 1. The lowest BCUT2D eigenvalue weighted by atomic mass is 9.93. The highest BCUT2D eigenvalue weighted by Crippen LogP contribution is 2.29. The summed E-state index contributed by atoms with van der Waals surface area (Å²) in [4.78, 5) is 53.6. The number of carbonyl (C=O) groups excluding carboxylic acids is 4. The van der Waals surface area contributed by atoms with Crippen LogP contribution in [0.25, 0.3) is 0 Å². The number of rotatable bonds is 17. The number of nitrogens with one attached hydrogen (secondary N) is 3. The molecule has 5 N–H and O–H groups in total. The molecule has 9 nitrogen and oxygen atoms in total. The number of epoxide rings is 1. The molecule has 0 aliphatic carbocycles. The Morgan fingerprint density at radius 2 is 1.21 bits per heavy atom. The first-order valence-corrected chi connectivity index (χ1v) is 15.3. The second kappa shape index (κ2) is 15.8. The summed E-state index contributed by atoms with van der Waals surface area (Å²) in [7, 11) is 0. The van der Waals surface area contributed by atoms with E-state index < -0.39 is 47.5 Å². The zero-order chi connectivity index (χ0) is 31.6. The van der Waals surface area contributed by atoms with Gasteiger partial charge in [0.2, 0.25) is 17.7 Å². The molecule has 1 aliphatic heterocycles. The van der Waals surface area contributed by atoms with Crippen LogP contribution in [-0.4, -0.2) is 59.9 Å². The smallest absolute Gasteiger partial charge is 0.243 e. The van der Waals surface area contributed by atoms with Gasteiger partial charge in [0, 0.05) is 6.42 Å². The lowest BCUT2D eigenvalue weighted by Gasteiger charge is -2.27. The van der Waals surface area contributed by atoms with E-state index in [4.69, 9.17) is 10.5 Å². The van der Waals surface area contributed by atoms with Crippen LogP contribution < -0.4 is 21.7 Å². The van der Waals surface area contributed by atoms with Crippen molar-refractivity contribution in [3.8, 4) is 0 Å². The summed E-state index contributed by atoms with van der Waals surface area (Å²) in [5.41, 5.74) is 7.24. The second-order valence-electron chi connectivity index (χ2n) is 12.6. The van der Waals surface area contributed by atoms with Gasteiger partial charge in [-0.1, -0.05) is 88.4 Å². The van der Waals surface area contributed by atoms with Crippen LogP contribution in [0.15, 0.2) is 60.7 Å². The molecule has 3 rings (SSSR count). The van der Waals surface area contributed by atoms with E-state index in [1.807, 2.05) is 88.4 Å². The second-order valence-corrected chi connectivity index (χ2v) is 12.6. The van der Waals surface area contributed by atoms with E-state index in [-0.39, 0.29) is 24.0 Å². The normalized spacial score (nSPS) is 18.8. The largest absolute Gasteiger partial charge is 0.361 e. The Bertz CT molecular complexity index is 1210. The number of ether oxygens (including phenoxy) is 1. The SMILES string of the molecule is CC(C)CC(NC(=O)C(N)CCc1ccccc1)C(=O)NC(Cc1ccccc1)C(=O)NC(CC(C)C)C(=O)C1(C)CO1. The highest BCUT2D eigenvalue weighted by molar-refractivity contribution is 5.98. The van der Waals surface area contributed by atoms with Crippen molar-refractivity contribution in [1.82, 2.24) is 16.0 Å². The number of amides is 3. The zero-order valence-corrected chi connectivity index (χ0v) is 26.1. The number of nitrogens with two attached hydrogens (primary N) is 1. The van der Waals surface area contributed by atoms with E-state index in [9.17, 15) is 19.2 Å². The summed E-state index contributed by atoms with van der Waals surface area (Å²) < 4.78 is 5.37. The molecule has 0 radical (unpaired) electrons. The van der Waals surface area contributed by atoms with Crippen molar-refractivity contribution >= 4 is 23.5 Å². The summed E-state index contributed by atoms with van der Waals surface area (Å²) in [5.74, 6) is -1.29. The topological polar surface area (TPSA) is 143 Å². The van der Waals surface area contributed by atoms with Crippen LogP contribution in [-0.2, 0) is 36.8 Å². The molecule has 3 amide bonds. The van der Waals surface area contributed by atoms with E-state index in [2.05, 4.69) is 16.0 Å². The summed E-state index contributed by atoms with van der Waals surface area (Å²) in [6.45, 7) is 9.93. The van der Waals surface area contributed by atoms with Crippen LogP contribution in [0.1, 0.15) is 65.0 Å². The van der Waals surface area contributed by atoms with Crippen LogP contribution in [0.4, 0.5) is 0 Å². The van der Waals surface area contributed by atoms with Crippen LogP contribution in [0.3, 0.4) is 0 Å². The van der Waals surface area contributed by atoms with Gasteiger partial charge in [-0.3, -0.25) is 19.2 Å². The molecule has 0 bridgehead atoms. The fourth-order valence-corrected chi connectivity index (χ4v) is 5.01. The maximum absolute atomic E-state index is 13.7. The summed E-state index contributed by atoms with van der Waals surface area (Å²) in [6.07, 6.45) is 2.10. The molecule has 1 aliphatic rings. The molecule has 2 aromatic carbocycles. The minimum atomic E-state index is -0.969. The van der Waals surface area contributed by atoms with Crippen molar-refractivity contribution < 1.29 is 23.9 Å². The Hall–Kier alpha value is -3.56. The van der Waals surface area contributed by atoms with Crippen molar-refractivity contribution in [3.05, 3.63) is 71.8 Å². The van der Waals surface area contributed by atoms with Gasteiger partial charge in [-0.15, -0.1) is 0 Å². The van der Waals surface area contributed by atoms with E-state index in [1.165, 1.54) is 0 Å². The molecule has 0 aromatic heterocycles. The molecule has 1 saturated heterocycles. The quantitative estimate of drug-likeness (QED) is 0.208. The van der Waals surface area contributed by atoms with Crippen LogP contribution >= 0.6 is 0 Å². The fourth-order valence-electron chi connectivity index (χ4n) is 5.01. The monoisotopic (exact) mass is 592 g/mol. The molecule has 0 spiro atoms. The number of benzene rings is 2. The highest BCUT2D eigenvalue weighted by Gasteiger charge is 2.50. The predicted molar refractivity (Wildman–Crippen MR) is 167 cm³/mol. The van der Waals surface area contributed by atoms with Gasteiger partial charge in [-0.25, -0.2) is 0 Å². The molecule has 2 aromatic rings. The minimum Gasteiger partial charge on any atom is -0.361 e. The first-order chi connectivity index (χ1) is 20.4. The van der Waals surface area contributed by atoms with Gasteiger partial charge >= 0.3 is 0 Å². The molecular weight excluding hydrogens is 544 g/mol. The average Bonchev–Trinajstić information content (AvgIpc) is 3.73. The molecule has 9 heteroatoms. The summed E-state index contributed by atoms with van der Waals surface area (Å²) in [6, 6.07) is 15.7. The zero-order valence-electron chi connectivity index (χ0n) is 26.1. The van der Waals surface area contributed by atoms with Crippen LogP contribution in [0.5, 0.6) is 0 Å². The van der Waals surface area contributed by atoms with Gasteiger partial charge in [0.25, 0.3) is 0 Å². The van der Waals surface area contributed by atoms with Crippen molar-refractivity contribution in [2.24, 2.45) is 17.6 Å². The van der Waals surface area contributed by atoms with Gasteiger partial charge in [0.05, 0.1) is 18.7 Å². The fraction of sp³-hybridized carbons (Fsp3) is 0.529. The number of hydrogen-bond acceptors (Lipinski definition) is 6. The van der Waals surface area contributed by atoms with E-state index in [0.717, 1.165) is 11.1 Å². The van der Waals surface area contributed by atoms with E-state index >= 15 is 0 Å². The number of aryl methyl sites for hydroxylation is 1. The third-order valence-corrected chi connectivity index (χ3v) is 7.62. The van der Waals surface area contributed by atoms with Crippen molar-refractivity contribution in [1.29, 1.82) is 0 Å². The Labute approximate surface area is 255 Å². The van der Waals surface area contributed by atoms with Crippen molar-refractivity contribution in [2.45, 2.75) is 96.5 Å². The molecular formula is C34H48N4O5. The Balaban J connectivity index is 1.74. The lowest BCUT2D eigenvalue weighted by Crippen LogP contribution is -2.58. The van der Waals surface area contributed by atoms with E-state index in [1.54, 1.807) is 6.92 Å². The maximum Gasteiger partial charge on any atom is 0.243 e. The molecule has 5 unspecified atom stereocenters. The summed E-state index contributed by atoms with van der Waals surface area (Å²) >= 11 is 0. The lowest BCUT2D eigenvalue weighted by molar-refractivity contribution is -0.134. The molecule has 1 fully saturated rings. The average molecular weight is 593 g/mol. The Kier molecular flexibility index (Phi) is 12.5. The first-order valence-electron chi connectivity index (χ1n) is 15.3. The maximum atomic E-state index is 13.7. The Morgan fingerprint density at radius 1 is 0.744 bits per heavy atom. The molecule has 234 valence electrons. The minimum absolute atomic E-state index is 0.0883. The van der Waals surface area contributed by atoms with Gasteiger partial charge in [-0.05, 0) is 55.6 Å². The molecule has 43 heavy (non-hydrogen) atoms. The molecule has 1 heterocycles. The first kappa shape index (κ1) is 33.9. The standard InChI is InChI=1S/C34H48N4O5/c1-22(2)18-27(30(39)34(5)21-43-34)36-33(42)29(20-25-14-10-7-11-15-25)38-32(41)28(19-23(3)4)37-31(40)26(35)17-16-24-12-8-6-9-13-24/h6-15,22-23,26-29H,16-21,35H2,1-5H3,(H,36,42)(H,37,40)(H,38,41). The Morgan fingerprint density at radius 3 is 1.74 bits per heavy atom. The van der Waals surface area contributed by atoms with E-state index in [0.29, 0.717) is 32.3 Å². The van der Waals surface area contributed by atoms with Crippen molar-refractivity contribution in [3.63, 3.8) is 0 Å². The van der Waals surface area contributed by atoms with Crippen LogP contribution in [0.2, 0.25) is 0 Å². The van der Waals surface area contributed by atoms with Gasteiger partial charge in [-0.2, -0.15) is 0 Å². The van der Waals surface area contributed by atoms with Crippen LogP contribution in [0, 0.1) is 11.8 Å². The van der Waals surface area contributed by atoms with Gasteiger partial charge < -0.3 is 26.4 Å². The molecule has 5 atom stereocenters. The molecule has 0 saturated carbocycles. The number of ketones is 1. The third kappa shape index (κ3) is 10.9.